The van der Waals surface area contributed by atoms with Crippen molar-refractivity contribution in [2.75, 3.05) is 31.1 Å². The number of aryl methyl sites for hydroxylation is 1. The molecule has 0 saturated carbocycles. The quantitative estimate of drug-likeness (QED) is 0.742. The van der Waals surface area contributed by atoms with Crippen LogP contribution >= 0.6 is 0 Å². The second-order valence-corrected chi connectivity index (χ2v) is 4.40. The number of imidazole rings is 1. The van der Waals surface area contributed by atoms with Gasteiger partial charge in [-0.05, 0) is 12.1 Å². The molecule has 1 aliphatic rings. The van der Waals surface area contributed by atoms with E-state index in [1.165, 1.54) is 0 Å². The molecule has 0 bridgehead atoms. The van der Waals surface area contributed by atoms with E-state index in [2.05, 4.69) is 21.3 Å². The van der Waals surface area contributed by atoms with Gasteiger partial charge in [-0.25, -0.2) is 4.79 Å². The number of benzene rings is 1. The van der Waals surface area contributed by atoms with Gasteiger partial charge in [-0.2, -0.15) is 0 Å². The molecule has 5 heteroatoms. The summed E-state index contributed by atoms with van der Waals surface area (Å²) in [5.74, 6) is 0. The highest BCUT2D eigenvalue weighted by Gasteiger charge is 2.15. The van der Waals surface area contributed by atoms with Gasteiger partial charge in [0.15, 0.2) is 0 Å². The van der Waals surface area contributed by atoms with Crippen LogP contribution in [0, 0.1) is 0 Å². The molecule has 17 heavy (non-hydrogen) atoms. The van der Waals surface area contributed by atoms with E-state index in [9.17, 15) is 4.79 Å². The molecule has 0 atom stereocenters. The minimum atomic E-state index is -0.0532. The van der Waals surface area contributed by atoms with Crippen LogP contribution in [-0.4, -0.2) is 35.7 Å². The van der Waals surface area contributed by atoms with E-state index in [0.717, 1.165) is 42.9 Å². The first-order chi connectivity index (χ1) is 8.27. The zero-order chi connectivity index (χ0) is 11.8. The first-order valence-electron chi connectivity index (χ1n) is 5.91. The Morgan fingerprint density at radius 1 is 1.24 bits per heavy atom. The third-order valence-electron chi connectivity index (χ3n) is 3.35. The van der Waals surface area contributed by atoms with Crippen LogP contribution < -0.4 is 15.9 Å². The van der Waals surface area contributed by atoms with Gasteiger partial charge in [0.25, 0.3) is 0 Å². The Morgan fingerprint density at radius 3 is 2.76 bits per heavy atom. The van der Waals surface area contributed by atoms with E-state index in [0.29, 0.717) is 0 Å². The summed E-state index contributed by atoms with van der Waals surface area (Å²) in [6.07, 6.45) is 0. The van der Waals surface area contributed by atoms with Crippen molar-refractivity contribution in [3.8, 4) is 0 Å². The molecule has 1 saturated heterocycles. The third kappa shape index (κ3) is 1.63. The van der Waals surface area contributed by atoms with Crippen LogP contribution in [0.25, 0.3) is 11.0 Å². The highest BCUT2D eigenvalue weighted by molar-refractivity contribution is 5.89. The van der Waals surface area contributed by atoms with Crippen molar-refractivity contribution in [1.82, 2.24) is 14.9 Å². The lowest BCUT2D eigenvalue weighted by Gasteiger charge is -2.30. The Kier molecular flexibility index (Phi) is 2.40. The summed E-state index contributed by atoms with van der Waals surface area (Å²) in [6, 6.07) is 6.03. The number of nitrogens with one attached hydrogen (secondary N) is 2. The normalized spacial score (nSPS) is 16.6. The summed E-state index contributed by atoms with van der Waals surface area (Å²) in [7, 11) is 1.81. The van der Waals surface area contributed by atoms with Gasteiger partial charge in [0.2, 0.25) is 0 Å². The van der Waals surface area contributed by atoms with E-state index in [-0.39, 0.29) is 5.69 Å². The summed E-state index contributed by atoms with van der Waals surface area (Å²) < 4.78 is 1.69. The molecule has 0 unspecified atom stereocenters. The van der Waals surface area contributed by atoms with Gasteiger partial charge in [-0.1, -0.05) is 6.07 Å². The van der Waals surface area contributed by atoms with Crippen LogP contribution in [0.1, 0.15) is 0 Å². The van der Waals surface area contributed by atoms with Crippen LogP contribution in [0.2, 0.25) is 0 Å². The number of H-pyrrole nitrogens is 1. The zero-order valence-corrected chi connectivity index (χ0v) is 9.86. The minimum Gasteiger partial charge on any atom is -0.367 e. The standard InChI is InChI=1S/C12H16N4O/c1-15-11-9(14-12(15)17)3-2-4-10(11)16-7-5-13-6-8-16/h2-4,13H,5-8H2,1H3,(H,14,17). The number of para-hydroxylation sites is 1. The maximum Gasteiger partial charge on any atom is 0.326 e. The lowest BCUT2D eigenvalue weighted by Crippen LogP contribution is -2.43. The second kappa shape index (κ2) is 3.92. The largest absolute Gasteiger partial charge is 0.367 e. The zero-order valence-electron chi connectivity index (χ0n) is 9.86. The fraction of sp³-hybridized carbons (Fsp3) is 0.417. The second-order valence-electron chi connectivity index (χ2n) is 4.40. The lowest BCUT2D eigenvalue weighted by atomic mass is 10.2. The predicted molar refractivity (Wildman–Crippen MR) is 68.6 cm³/mol. The number of aromatic nitrogens is 2. The molecule has 2 heterocycles. The fourth-order valence-electron chi connectivity index (χ4n) is 2.45. The Balaban J connectivity index is 2.18. The lowest BCUT2D eigenvalue weighted by molar-refractivity contribution is 0.589. The summed E-state index contributed by atoms with van der Waals surface area (Å²) in [5.41, 5.74) is 3.00. The Morgan fingerprint density at radius 2 is 2.00 bits per heavy atom. The van der Waals surface area contributed by atoms with Gasteiger partial charge in [0, 0.05) is 33.2 Å². The predicted octanol–water partition coefficient (Wildman–Crippen LogP) is 0.276. The number of nitrogens with zero attached hydrogens (tertiary/aromatic N) is 2. The maximum absolute atomic E-state index is 11.6. The van der Waals surface area contributed by atoms with Crippen molar-refractivity contribution < 1.29 is 0 Å². The number of rotatable bonds is 1. The number of anilines is 1. The average Bonchev–Trinajstić information content (AvgIpc) is 2.66. The van der Waals surface area contributed by atoms with Crippen molar-refractivity contribution in [1.29, 1.82) is 0 Å². The average molecular weight is 232 g/mol. The highest BCUT2D eigenvalue weighted by Crippen LogP contribution is 2.24. The van der Waals surface area contributed by atoms with Crippen LogP contribution in [-0.2, 0) is 7.05 Å². The Hall–Kier alpha value is -1.75. The van der Waals surface area contributed by atoms with Gasteiger partial charge in [0.05, 0.1) is 16.7 Å². The van der Waals surface area contributed by atoms with Crippen molar-refractivity contribution in [2.24, 2.45) is 7.05 Å². The van der Waals surface area contributed by atoms with Gasteiger partial charge in [-0.15, -0.1) is 0 Å². The third-order valence-corrected chi connectivity index (χ3v) is 3.35. The molecule has 1 aromatic heterocycles. The number of fused-ring (bicyclic) bond motifs is 1. The van der Waals surface area contributed by atoms with E-state index >= 15 is 0 Å². The number of piperazine rings is 1. The van der Waals surface area contributed by atoms with Crippen LogP contribution in [0.5, 0.6) is 0 Å². The van der Waals surface area contributed by atoms with Crippen molar-refractivity contribution in [2.45, 2.75) is 0 Å². The number of aromatic amines is 1. The van der Waals surface area contributed by atoms with Gasteiger partial charge in [0.1, 0.15) is 0 Å². The van der Waals surface area contributed by atoms with E-state index in [1.807, 2.05) is 19.2 Å². The van der Waals surface area contributed by atoms with Gasteiger partial charge < -0.3 is 15.2 Å². The highest BCUT2D eigenvalue weighted by atomic mass is 16.1. The van der Waals surface area contributed by atoms with E-state index in [4.69, 9.17) is 0 Å². The summed E-state index contributed by atoms with van der Waals surface area (Å²) in [4.78, 5) is 16.8. The minimum absolute atomic E-state index is 0.0532. The van der Waals surface area contributed by atoms with E-state index < -0.39 is 0 Å². The first-order valence-corrected chi connectivity index (χ1v) is 5.91. The topological polar surface area (TPSA) is 53.1 Å². The SMILES string of the molecule is Cn1c(=O)[nH]c2cccc(N3CCNCC3)c21. The summed E-state index contributed by atoms with van der Waals surface area (Å²) in [6.45, 7) is 3.96. The molecule has 5 nitrogen and oxygen atoms in total. The monoisotopic (exact) mass is 232 g/mol. The maximum atomic E-state index is 11.6. The molecule has 1 fully saturated rings. The smallest absolute Gasteiger partial charge is 0.326 e. The van der Waals surface area contributed by atoms with Gasteiger partial charge in [-0.3, -0.25) is 4.57 Å². The summed E-state index contributed by atoms with van der Waals surface area (Å²) in [5, 5.41) is 3.33. The van der Waals surface area contributed by atoms with Crippen molar-refractivity contribution in [3.05, 3.63) is 28.7 Å². The molecule has 0 radical (unpaired) electrons. The van der Waals surface area contributed by atoms with E-state index in [1.54, 1.807) is 4.57 Å². The van der Waals surface area contributed by atoms with Crippen molar-refractivity contribution >= 4 is 16.7 Å². The Labute approximate surface area is 99.0 Å². The van der Waals surface area contributed by atoms with Crippen molar-refractivity contribution in [3.63, 3.8) is 0 Å². The molecule has 0 aliphatic carbocycles. The van der Waals surface area contributed by atoms with Gasteiger partial charge >= 0.3 is 5.69 Å². The molecular formula is C12H16N4O. The van der Waals surface area contributed by atoms with Crippen LogP contribution in [0.4, 0.5) is 5.69 Å². The number of hydrogen-bond donors (Lipinski definition) is 2. The Bertz CT molecular complexity index is 592. The molecule has 0 amide bonds. The summed E-state index contributed by atoms with van der Waals surface area (Å²) >= 11 is 0. The van der Waals surface area contributed by atoms with Crippen LogP contribution in [0.15, 0.2) is 23.0 Å². The number of hydrogen-bond acceptors (Lipinski definition) is 3. The first kappa shape index (κ1) is 10.4. The molecule has 1 aliphatic heterocycles. The fourth-order valence-corrected chi connectivity index (χ4v) is 2.45. The molecule has 0 spiro atoms. The molecule has 90 valence electrons. The molecular weight excluding hydrogens is 216 g/mol. The molecule has 2 N–H and O–H groups in total. The molecule has 1 aromatic carbocycles. The molecule has 2 aromatic rings. The van der Waals surface area contributed by atoms with Crippen LogP contribution in [0.3, 0.4) is 0 Å². The molecule has 3 rings (SSSR count).